The lowest BCUT2D eigenvalue weighted by atomic mass is 10.1. The van der Waals surface area contributed by atoms with E-state index in [2.05, 4.69) is 4.57 Å². The predicted molar refractivity (Wildman–Crippen MR) is 151 cm³/mol. The minimum Gasteiger partial charge on any atom is -0.378 e. The maximum atomic E-state index is 13.3. The van der Waals surface area contributed by atoms with Gasteiger partial charge < -0.3 is 9.47 Å². The second kappa shape index (κ2) is 9.60. The third-order valence-corrected chi connectivity index (χ3v) is 7.33. The molecule has 0 unspecified atom stereocenters. The molecular formula is C27H22N4O3S2. The largest absolute Gasteiger partial charge is 0.378 e. The third kappa shape index (κ3) is 4.50. The zero-order valence-corrected chi connectivity index (χ0v) is 21.3. The molecule has 1 saturated heterocycles. The van der Waals surface area contributed by atoms with Crippen LogP contribution in [0.1, 0.15) is 11.1 Å². The number of thiocarbonyl (C=S) groups is 1. The predicted octanol–water partition coefficient (Wildman–Crippen LogP) is 6.07. The lowest BCUT2D eigenvalue weighted by Gasteiger charge is -2.17. The van der Waals surface area contributed by atoms with E-state index in [0.29, 0.717) is 15.8 Å². The van der Waals surface area contributed by atoms with E-state index < -0.39 is 4.92 Å². The van der Waals surface area contributed by atoms with Gasteiger partial charge in [0.15, 0.2) is 4.32 Å². The molecule has 1 amide bonds. The highest BCUT2D eigenvalue weighted by Gasteiger charge is 2.33. The SMILES string of the molecule is CN(C)c1ccc(N2C(=O)/C(=C/c3cn(Cc4ccc([N+](=O)[O-])cc4)c4ccccc34)SC2=S)cc1. The second-order valence-corrected chi connectivity index (χ2v) is 10.3. The summed E-state index contributed by atoms with van der Waals surface area (Å²) < 4.78 is 2.58. The molecular weight excluding hydrogens is 492 g/mol. The van der Waals surface area contributed by atoms with Gasteiger partial charge in [0.2, 0.25) is 0 Å². The summed E-state index contributed by atoms with van der Waals surface area (Å²) in [5, 5.41) is 12.0. The number of aromatic nitrogens is 1. The summed E-state index contributed by atoms with van der Waals surface area (Å²) in [4.78, 5) is 28.0. The van der Waals surface area contributed by atoms with Gasteiger partial charge >= 0.3 is 0 Å². The molecule has 9 heteroatoms. The van der Waals surface area contributed by atoms with E-state index in [1.165, 1.54) is 23.9 Å². The molecule has 0 radical (unpaired) electrons. The first kappa shape index (κ1) is 23.8. The first-order chi connectivity index (χ1) is 17.3. The zero-order chi connectivity index (χ0) is 25.4. The van der Waals surface area contributed by atoms with Gasteiger partial charge in [-0.05, 0) is 42.0 Å². The topological polar surface area (TPSA) is 71.6 Å². The Labute approximate surface area is 217 Å². The molecule has 1 aliphatic rings. The highest BCUT2D eigenvalue weighted by atomic mass is 32.2. The number of carbonyl (C=O) groups excluding carboxylic acids is 1. The van der Waals surface area contributed by atoms with Crippen molar-refractivity contribution in [1.29, 1.82) is 0 Å². The molecule has 0 bridgehead atoms. The number of hydrogen-bond acceptors (Lipinski definition) is 6. The molecule has 36 heavy (non-hydrogen) atoms. The quantitative estimate of drug-likeness (QED) is 0.135. The van der Waals surface area contributed by atoms with Gasteiger partial charge in [0, 0.05) is 61.1 Å². The Morgan fingerprint density at radius 2 is 1.72 bits per heavy atom. The average molecular weight is 515 g/mol. The number of amides is 1. The van der Waals surface area contributed by atoms with Crippen LogP contribution >= 0.6 is 24.0 Å². The summed E-state index contributed by atoms with van der Waals surface area (Å²) in [6.45, 7) is 0.547. The number of benzene rings is 3. The van der Waals surface area contributed by atoms with E-state index in [9.17, 15) is 14.9 Å². The number of hydrogen-bond donors (Lipinski definition) is 0. The molecule has 0 aliphatic carbocycles. The molecule has 0 saturated carbocycles. The normalized spacial score (nSPS) is 14.7. The van der Waals surface area contributed by atoms with E-state index in [1.807, 2.05) is 79.8 Å². The highest BCUT2D eigenvalue weighted by Crippen LogP contribution is 2.37. The maximum absolute atomic E-state index is 13.3. The molecule has 7 nitrogen and oxygen atoms in total. The Morgan fingerprint density at radius 3 is 2.39 bits per heavy atom. The van der Waals surface area contributed by atoms with E-state index in [4.69, 9.17) is 12.2 Å². The fraction of sp³-hybridized carbons (Fsp3) is 0.111. The summed E-state index contributed by atoms with van der Waals surface area (Å²) in [5.74, 6) is -0.144. The van der Waals surface area contributed by atoms with Crippen molar-refractivity contribution in [2.75, 3.05) is 23.9 Å². The van der Waals surface area contributed by atoms with Gasteiger partial charge in [0.1, 0.15) is 0 Å². The minimum absolute atomic E-state index is 0.0650. The van der Waals surface area contributed by atoms with Crippen molar-refractivity contribution < 1.29 is 9.72 Å². The Hall–Kier alpha value is -3.95. The first-order valence-electron chi connectivity index (χ1n) is 11.2. The van der Waals surface area contributed by atoms with E-state index >= 15 is 0 Å². The molecule has 5 rings (SSSR count). The van der Waals surface area contributed by atoms with Crippen molar-refractivity contribution in [3.05, 3.63) is 105 Å². The van der Waals surface area contributed by atoms with Crippen molar-refractivity contribution in [2.24, 2.45) is 0 Å². The molecule has 0 spiro atoms. The maximum Gasteiger partial charge on any atom is 0.270 e. The summed E-state index contributed by atoms with van der Waals surface area (Å²) >= 11 is 6.85. The van der Waals surface area contributed by atoms with Crippen molar-refractivity contribution in [3.63, 3.8) is 0 Å². The van der Waals surface area contributed by atoms with Crippen LogP contribution in [0, 0.1) is 10.1 Å². The Balaban J connectivity index is 1.46. The van der Waals surface area contributed by atoms with Gasteiger partial charge in [0.05, 0.1) is 15.5 Å². The van der Waals surface area contributed by atoms with Crippen LogP contribution in [-0.2, 0) is 11.3 Å². The Morgan fingerprint density at radius 1 is 1.03 bits per heavy atom. The van der Waals surface area contributed by atoms with E-state index in [-0.39, 0.29) is 11.6 Å². The van der Waals surface area contributed by atoms with Gasteiger partial charge in [-0.1, -0.05) is 54.3 Å². The van der Waals surface area contributed by atoms with Crippen LogP contribution in [0.4, 0.5) is 17.1 Å². The number of thioether (sulfide) groups is 1. The molecule has 1 aliphatic heterocycles. The smallest absolute Gasteiger partial charge is 0.270 e. The zero-order valence-electron chi connectivity index (χ0n) is 19.6. The number of anilines is 2. The van der Waals surface area contributed by atoms with Crippen molar-refractivity contribution >= 4 is 68.2 Å². The number of rotatable bonds is 6. The van der Waals surface area contributed by atoms with Crippen molar-refractivity contribution in [3.8, 4) is 0 Å². The number of carbonyl (C=O) groups is 1. The summed E-state index contributed by atoms with van der Waals surface area (Å²) in [7, 11) is 3.94. The van der Waals surface area contributed by atoms with Crippen LogP contribution in [0.2, 0.25) is 0 Å². The Kier molecular flexibility index (Phi) is 6.34. The summed E-state index contributed by atoms with van der Waals surface area (Å²) in [6, 6.07) is 22.3. The fourth-order valence-corrected chi connectivity index (χ4v) is 5.46. The van der Waals surface area contributed by atoms with E-state index in [1.54, 1.807) is 17.0 Å². The fourth-order valence-electron chi connectivity index (χ4n) is 4.17. The van der Waals surface area contributed by atoms with Gasteiger partial charge in [0.25, 0.3) is 11.6 Å². The molecule has 0 atom stereocenters. The number of para-hydroxylation sites is 1. The average Bonchev–Trinajstić information content (AvgIpc) is 3.35. The number of non-ortho nitro benzene ring substituents is 1. The van der Waals surface area contributed by atoms with Gasteiger partial charge in [-0.25, -0.2) is 0 Å². The second-order valence-electron chi connectivity index (χ2n) is 8.58. The highest BCUT2D eigenvalue weighted by molar-refractivity contribution is 8.27. The van der Waals surface area contributed by atoms with Gasteiger partial charge in [-0.2, -0.15) is 0 Å². The number of nitro benzene ring substituents is 1. The minimum atomic E-state index is -0.403. The van der Waals surface area contributed by atoms with Gasteiger partial charge in [-0.3, -0.25) is 19.8 Å². The summed E-state index contributed by atoms with van der Waals surface area (Å²) in [6.07, 6.45) is 3.90. The van der Waals surface area contributed by atoms with Crippen LogP contribution in [0.25, 0.3) is 17.0 Å². The van der Waals surface area contributed by atoms with Gasteiger partial charge in [-0.15, -0.1) is 0 Å². The summed E-state index contributed by atoms with van der Waals surface area (Å²) in [5.41, 5.74) is 4.72. The first-order valence-corrected chi connectivity index (χ1v) is 12.4. The number of nitro groups is 1. The molecule has 1 fully saturated rings. The van der Waals surface area contributed by atoms with Crippen LogP contribution in [0.5, 0.6) is 0 Å². The monoisotopic (exact) mass is 514 g/mol. The van der Waals surface area contributed by atoms with Crippen LogP contribution in [0.15, 0.2) is 83.9 Å². The van der Waals surface area contributed by atoms with Crippen molar-refractivity contribution in [2.45, 2.75) is 6.54 Å². The molecule has 4 aromatic rings. The molecule has 1 aromatic heterocycles. The molecule has 180 valence electrons. The molecule has 2 heterocycles. The van der Waals surface area contributed by atoms with Crippen molar-refractivity contribution in [1.82, 2.24) is 4.57 Å². The molecule has 3 aromatic carbocycles. The van der Waals surface area contributed by atoms with E-state index in [0.717, 1.165) is 33.4 Å². The van der Waals surface area contributed by atoms with Crippen LogP contribution in [-0.4, -0.2) is 33.8 Å². The lowest BCUT2D eigenvalue weighted by Crippen LogP contribution is -2.27. The lowest BCUT2D eigenvalue weighted by molar-refractivity contribution is -0.384. The number of fused-ring (bicyclic) bond motifs is 1. The third-order valence-electron chi connectivity index (χ3n) is 6.02. The number of nitrogens with zero attached hydrogens (tertiary/aromatic N) is 4. The van der Waals surface area contributed by atoms with Crippen LogP contribution in [0.3, 0.4) is 0 Å². The Bertz CT molecular complexity index is 1520. The molecule has 0 N–H and O–H groups in total. The standard InChI is InChI=1S/C27H22N4O3S2/c1-28(2)20-11-13-21(14-12-20)30-26(32)25(36-27(30)35)15-19-17-29(24-6-4-3-5-23(19)24)16-18-7-9-22(10-8-18)31(33)34/h3-15,17H,16H2,1-2H3/b25-15-. The van der Waals surface area contributed by atoms with Crippen LogP contribution < -0.4 is 9.80 Å².